The molecule has 0 aliphatic heterocycles. The van der Waals surface area contributed by atoms with Gasteiger partial charge in [-0.05, 0) is 31.2 Å². The number of amides is 2. The minimum atomic E-state index is -0.309. The van der Waals surface area contributed by atoms with E-state index >= 15 is 0 Å². The van der Waals surface area contributed by atoms with Gasteiger partial charge in [-0.15, -0.1) is 0 Å². The molecule has 22 heavy (non-hydrogen) atoms. The highest BCUT2D eigenvalue weighted by Crippen LogP contribution is 2.00. The molecule has 0 atom stereocenters. The second-order valence-corrected chi connectivity index (χ2v) is 4.69. The zero-order valence-electron chi connectivity index (χ0n) is 12.2. The van der Waals surface area contributed by atoms with E-state index in [1.54, 1.807) is 49.6 Å². The number of hydrazone groups is 1. The Kier molecular flexibility index (Phi) is 5.48. The summed E-state index contributed by atoms with van der Waals surface area (Å²) in [5, 5.41) is 6.63. The molecule has 0 fully saturated rings. The molecule has 0 unspecified atom stereocenters. The van der Waals surface area contributed by atoms with Crippen LogP contribution in [0.25, 0.3) is 0 Å². The predicted molar refractivity (Wildman–Crippen MR) is 82.2 cm³/mol. The lowest BCUT2D eigenvalue weighted by Gasteiger charge is -2.04. The Morgan fingerprint density at radius 3 is 2.59 bits per heavy atom. The van der Waals surface area contributed by atoms with Gasteiger partial charge in [-0.1, -0.05) is 18.2 Å². The fourth-order valence-electron chi connectivity index (χ4n) is 1.73. The van der Waals surface area contributed by atoms with E-state index in [4.69, 9.17) is 4.42 Å². The van der Waals surface area contributed by atoms with Crippen molar-refractivity contribution in [2.75, 3.05) is 0 Å². The predicted octanol–water partition coefficient (Wildman–Crippen LogP) is 2.09. The van der Waals surface area contributed by atoms with Crippen molar-refractivity contribution in [3.8, 4) is 0 Å². The smallest absolute Gasteiger partial charge is 0.271 e. The minimum Gasteiger partial charge on any atom is -0.467 e. The van der Waals surface area contributed by atoms with Gasteiger partial charge in [-0.2, -0.15) is 5.10 Å². The number of hydrogen-bond acceptors (Lipinski definition) is 4. The number of rotatable bonds is 6. The molecule has 0 aliphatic rings. The molecule has 2 aromatic rings. The van der Waals surface area contributed by atoms with Crippen LogP contribution in [0.15, 0.2) is 58.2 Å². The Labute approximate surface area is 128 Å². The number of furan rings is 1. The van der Waals surface area contributed by atoms with E-state index in [-0.39, 0.29) is 18.2 Å². The van der Waals surface area contributed by atoms with Crippen molar-refractivity contribution in [1.29, 1.82) is 0 Å². The van der Waals surface area contributed by atoms with E-state index in [9.17, 15) is 9.59 Å². The SMILES string of the molecule is C/C(CC(=O)NCc1ccco1)=N\NC(=O)c1ccccc1. The summed E-state index contributed by atoms with van der Waals surface area (Å²) in [6.45, 7) is 2.01. The van der Waals surface area contributed by atoms with Crippen molar-refractivity contribution in [1.82, 2.24) is 10.7 Å². The second kappa shape index (κ2) is 7.78. The molecule has 0 bridgehead atoms. The summed E-state index contributed by atoms with van der Waals surface area (Å²) in [6, 6.07) is 12.3. The van der Waals surface area contributed by atoms with Crippen molar-refractivity contribution in [3.05, 3.63) is 60.1 Å². The summed E-state index contributed by atoms with van der Waals surface area (Å²) in [7, 11) is 0. The van der Waals surface area contributed by atoms with Crippen molar-refractivity contribution in [3.63, 3.8) is 0 Å². The Balaban J connectivity index is 1.77. The van der Waals surface area contributed by atoms with Crippen LogP contribution in [0.2, 0.25) is 0 Å². The average molecular weight is 299 g/mol. The number of carbonyl (C=O) groups is 2. The van der Waals surface area contributed by atoms with Gasteiger partial charge in [0, 0.05) is 11.3 Å². The summed E-state index contributed by atoms with van der Waals surface area (Å²) in [4.78, 5) is 23.5. The van der Waals surface area contributed by atoms with Gasteiger partial charge in [-0.3, -0.25) is 9.59 Å². The molecule has 0 saturated carbocycles. The number of carbonyl (C=O) groups excluding carboxylic acids is 2. The van der Waals surface area contributed by atoms with E-state index in [1.165, 1.54) is 0 Å². The van der Waals surface area contributed by atoms with Crippen LogP contribution in [0.5, 0.6) is 0 Å². The molecular formula is C16H17N3O3. The third-order valence-electron chi connectivity index (χ3n) is 2.84. The van der Waals surface area contributed by atoms with Gasteiger partial charge in [0.2, 0.25) is 5.91 Å². The van der Waals surface area contributed by atoms with Gasteiger partial charge in [0.1, 0.15) is 5.76 Å². The number of benzene rings is 1. The molecule has 6 heteroatoms. The second-order valence-electron chi connectivity index (χ2n) is 4.69. The lowest BCUT2D eigenvalue weighted by molar-refractivity contribution is -0.120. The van der Waals surface area contributed by atoms with Crippen molar-refractivity contribution >= 4 is 17.5 Å². The number of nitrogens with zero attached hydrogens (tertiary/aromatic N) is 1. The van der Waals surface area contributed by atoms with Crippen LogP contribution >= 0.6 is 0 Å². The fourth-order valence-corrected chi connectivity index (χ4v) is 1.73. The lowest BCUT2D eigenvalue weighted by atomic mass is 10.2. The molecule has 0 saturated heterocycles. The summed E-state index contributed by atoms with van der Waals surface area (Å²) in [5.41, 5.74) is 3.45. The highest BCUT2D eigenvalue weighted by atomic mass is 16.3. The van der Waals surface area contributed by atoms with E-state index in [0.717, 1.165) is 0 Å². The molecule has 1 heterocycles. The van der Waals surface area contributed by atoms with Gasteiger partial charge in [0.05, 0.1) is 19.2 Å². The third kappa shape index (κ3) is 4.90. The molecule has 2 N–H and O–H groups in total. The highest BCUT2D eigenvalue weighted by molar-refractivity contribution is 6.01. The Morgan fingerprint density at radius 1 is 1.14 bits per heavy atom. The first-order chi connectivity index (χ1) is 10.6. The maximum absolute atomic E-state index is 11.8. The summed E-state index contributed by atoms with van der Waals surface area (Å²) < 4.78 is 5.11. The summed E-state index contributed by atoms with van der Waals surface area (Å²) in [5.74, 6) is 0.183. The molecule has 0 radical (unpaired) electrons. The zero-order chi connectivity index (χ0) is 15.8. The van der Waals surface area contributed by atoms with E-state index in [2.05, 4.69) is 15.8 Å². The molecule has 114 valence electrons. The first-order valence-corrected chi connectivity index (χ1v) is 6.83. The fraction of sp³-hybridized carbons (Fsp3) is 0.188. The standard InChI is InChI=1S/C16H17N3O3/c1-12(10-15(20)17-11-14-8-5-9-22-14)18-19-16(21)13-6-3-2-4-7-13/h2-9H,10-11H2,1H3,(H,17,20)(H,19,21)/b18-12+. The molecule has 1 aromatic heterocycles. The van der Waals surface area contributed by atoms with Gasteiger partial charge in [0.25, 0.3) is 5.91 Å². The molecule has 6 nitrogen and oxygen atoms in total. The Hall–Kier alpha value is -2.89. The monoisotopic (exact) mass is 299 g/mol. The highest BCUT2D eigenvalue weighted by Gasteiger charge is 2.06. The van der Waals surface area contributed by atoms with Gasteiger partial charge >= 0.3 is 0 Å². The lowest BCUT2D eigenvalue weighted by Crippen LogP contribution is -2.26. The van der Waals surface area contributed by atoms with Crippen LogP contribution in [-0.4, -0.2) is 17.5 Å². The molecule has 2 rings (SSSR count). The largest absolute Gasteiger partial charge is 0.467 e. The maximum Gasteiger partial charge on any atom is 0.271 e. The number of nitrogens with one attached hydrogen (secondary N) is 2. The van der Waals surface area contributed by atoms with Gasteiger partial charge in [-0.25, -0.2) is 5.43 Å². The third-order valence-corrected chi connectivity index (χ3v) is 2.84. The quantitative estimate of drug-likeness (QED) is 0.633. The van der Waals surface area contributed by atoms with E-state index in [0.29, 0.717) is 23.6 Å². The maximum atomic E-state index is 11.8. The average Bonchev–Trinajstić information content (AvgIpc) is 3.05. The Morgan fingerprint density at radius 2 is 1.91 bits per heavy atom. The molecule has 1 aromatic carbocycles. The molecule has 0 aliphatic carbocycles. The number of hydrogen-bond donors (Lipinski definition) is 2. The molecule has 2 amide bonds. The summed E-state index contributed by atoms with van der Waals surface area (Å²) >= 11 is 0. The van der Waals surface area contributed by atoms with Crippen LogP contribution in [0.3, 0.4) is 0 Å². The van der Waals surface area contributed by atoms with Crippen LogP contribution in [0.1, 0.15) is 29.5 Å². The van der Waals surface area contributed by atoms with Crippen molar-refractivity contribution < 1.29 is 14.0 Å². The van der Waals surface area contributed by atoms with Crippen LogP contribution in [0.4, 0.5) is 0 Å². The molecular weight excluding hydrogens is 282 g/mol. The normalized spacial score (nSPS) is 11.0. The van der Waals surface area contributed by atoms with E-state index < -0.39 is 0 Å². The summed E-state index contributed by atoms with van der Waals surface area (Å²) in [6.07, 6.45) is 1.66. The van der Waals surface area contributed by atoms with Crippen LogP contribution in [-0.2, 0) is 11.3 Å². The van der Waals surface area contributed by atoms with Crippen molar-refractivity contribution in [2.24, 2.45) is 5.10 Å². The zero-order valence-corrected chi connectivity index (χ0v) is 12.2. The minimum absolute atomic E-state index is 0.107. The van der Waals surface area contributed by atoms with E-state index in [1.807, 2.05) is 6.07 Å². The van der Waals surface area contributed by atoms with Crippen LogP contribution in [0, 0.1) is 0 Å². The van der Waals surface area contributed by atoms with Gasteiger partial charge in [0.15, 0.2) is 0 Å². The first-order valence-electron chi connectivity index (χ1n) is 6.83. The molecule has 0 spiro atoms. The topological polar surface area (TPSA) is 83.7 Å². The Bertz CT molecular complexity index is 649. The van der Waals surface area contributed by atoms with Crippen molar-refractivity contribution in [2.45, 2.75) is 19.9 Å². The van der Waals surface area contributed by atoms with Gasteiger partial charge < -0.3 is 9.73 Å². The van der Waals surface area contributed by atoms with Crippen LogP contribution < -0.4 is 10.7 Å². The first kappa shape index (κ1) is 15.5.